The number of para-hydroxylation sites is 1. The Labute approximate surface area is 193 Å². The van der Waals surface area contributed by atoms with Crippen LogP contribution in [0, 0.1) is 0 Å². The molecule has 0 fully saturated rings. The number of anilines is 1. The van der Waals surface area contributed by atoms with E-state index < -0.39 is 36.3 Å². The van der Waals surface area contributed by atoms with Crippen molar-refractivity contribution >= 4 is 35.3 Å². The number of imide groups is 1. The fourth-order valence-corrected chi connectivity index (χ4v) is 3.40. The molecule has 1 N–H and O–H groups in total. The van der Waals surface area contributed by atoms with Gasteiger partial charge in [-0.1, -0.05) is 12.1 Å². The molecule has 34 heavy (non-hydrogen) atoms. The molecule has 2 heterocycles. The number of fused-ring (bicyclic) bond motifs is 1. The number of esters is 2. The molecular weight excluding hydrogens is 444 g/mol. The van der Waals surface area contributed by atoms with Crippen molar-refractivity contribution in [3.8, 4) is 0 Å². The molecule has 0 saturated carbocycles. The number of rotatable bonds is 7. The molecule has 2 aromatic carbocycles. The van der Waals surface area contributed by atoms with Crippen LogP contribution in [0.3, 0.4) is 0 Å². The molecule has 0 aliphatic carbocycles. The number of carbonyl (C=O) groups is 5. The summed E-state index contributed by atoms with van der Waals surface area (Å²) in [7, 11) is 1.22. The van der Waals surface area contributed by atoms with Crippen LogP contribution in [0.1, 0.15) is 47.2 Å². The number of carbonyl (C=O) groups excluding carboxylic acids is 5. The first-order valence-corrected chi connectivity index (χ1v) is 10.1. The van der Waals surface area contributed by atoms with E-state index in [9.17, 15) is 24.0 Å². The summed E-state index contributed by atoms with van der Waals surface area (Å²) in [5.41, 5.74) is 0.564. The van der Waals surface area contributed by atoms with Crippen LogP contribution in [0.15, 0.2) is 65.3 Å². The molecule has 172 valence electrons. The van der Waals surface area contributed by atoms with E-state index in [2.05, 4.69) is 10.1 Å². The lowest BCUT2D eigenvalue weighted by molar-refractivity contribution is -0.119. The molecule has 0 spiro atoms. The third-order valence-corrected chi connectivity index (χ3v) is 5.04. The molecule has 0 radical (unpaired) electrons. The van der Waals surface area contributed by atoms with Gasteiger partial charge in [0, 0.05) is 0 Å². The monoisotopic (exact) mass is 462 g/mol. The molecule has 0 unspecified atom stereocenters. The fourth-order valence-electron chi connectivity index (χ4n) is 3.40. The van der Waals surface area contributed by atoms with Gasteiger partial charge in [-0.2, -0.15) is 0 Å². The van der Waals surface area contributed by atoms with Gasteiger partial charge in [0.05, 0.1) is 47.9 Å². The summed E-state index contributed by atoms with van der Waals surface area (Å²) in [6, 6.07) is 13.4. The smallest absolute Gasteiger partial charge is 0.339 e. The summed E-state index contributed by atoms with van der Waals surface area (Å²) in [4.78, 5) is 62.8. The Kier molecular flexibility index (Phi) is 6.22. The predicted octanol–water partition coefficient (Wildman–Crippen LogP) is 2.66. The summed E-state index contributed by atoms with van der Waals surface area (Å²) in [5.74, 6) is -2.80. The maximum Gasteiger partial charge on any atom is 0.339 e. The highest BCUT2D eigenvalue weighted by atomic mass is 16.5. The number of nitrogens with one attached hydrogen (secondary N) is 1. The van der Waals surface area contributed by atoms with Crippen LogP contribution in [0.25, 0.3) is 0 Å². The van der Waals surface area contributed by atoms with Gasteiger partial charge in [0.15, 0.2) is 6.61 Å². The van der Waals surface area contributed by atoms with Gasteiger partial charge in [-0.15, -0.1) is 0 Å². The van der Waals surface area contributed by atoms with Gasteiger partial charge in [0.1, 0.15) is 5.76 Å². The Morgan fingerprint density at radius 3 is 2.44 bits per heavy atom. The predicted molar refractivity (Wildman–Crippen MR) is 116 cm³/mol. The Morgan fingerprint density at radius 2 is 1.71 bits per heavy atom. The zero-order chi connectivity index (χ0) is 24.2. The maximum atomic E-state index is 12.7. The van der Waals surface area contributed by atoms with Gasteiger partial charge in [-0.3, -0.25) is 19.3 Å². The van der Waals surface area contributed by atoms with Crippen molar-refractivity contribution in [2.45, 2.75) is 6.54 Å². The van der Waals surface area contributed by atoms with Gasteiger partial charge < -0.3 is 19.2 Å². The number of hydrogen-bond acceptors (Lipinski definition) is 8. The zero-order valence-corrected chi connectivity index (χ0v) is 17.9. The fraction of sp³-hybridized carbons (Fsp3) is 0.125. The Bertz CT molecular complexity index is 1300. The van der Waals surface area contributed by atoms with Gasteiger partial charge in [-0.05, 0) is 42.5 Å². The van der Waals surface area contributed by atoms with Crippen LogP contribution in [-0.2, 0) is 20.8 Å². The summed E-state index contributed by atoms with van der Waals surface area (Å²) < 4.78 is 14.9. The molecule has 0 atom stereocenters. The Hall–Kier alpha value is -4.73. The minimum Gasteiger partial charge on any atom is -0.467 e. The van der Waals surface area contributed by atoms with E-state index in [4.69, 9.17) is 9.15 Å². The SMILES string of the molecule is COC(=O)c1ccccc1NC(=O)COC(=O)c1ccc2c(c1)C(=O)N(Cc1ccco1)C2=O. The summed E-state index contributed by atoms with van der Waals surface area (Å²) in [6.07, 6.45) is 1.44. The van der Waals surface area contributed by atoms with E-state index in [0.717, 1.165) is 4.90 Å². The lowest BCUT2D eigenvalue weighted by Crippen LogP contribution is -2.28. The van der Waals surface area contributed by atoms with E-state index in [1.165, 1.54) is 43.7 Å². The first-order valence-electron chi connectivity index (χ1n) is 10.1. The van der Waals surface area contributed by atoms with Crippen LogP contribution < -0.4 is 5.32 Å². The van der Waals surface area contributed by atoms with E-state index in [1.54, 1.807) is 24.3 Å². The summed E-state index contributed by atoms with van der Waals surface area (Å²) in [6.45, 7) is -0.671. The van der Waals surface area contributed by atoms with Crippen molar-refractivity contribution in [3.05, 3.63) is 88.9 Å². The van der Waals surface area contributed by atoms with Crippen molar-refractivity contribution in [1.82, 2.24) is 4.90 Å². The number of methoxy groups -OCH3 is 1. The molecule has 0 bridgehead atoms. The van der Waals surface area contributed by atoms with Gasteiger partial charge in [0.25, 0.3) is 17.7 Å². The first-order chi connectivity index (χ1) is 16.4. The average Bonchev–Trinajstić information content (AvgIpc) is 3.45. The largest absolute Gasteiger partial charge is 0.467 e. The minimum absolute atomic E-state index is 0.00232. The van der Waals surface area contributed by atoms with Crippen molar-refractivity contribution in [3.63, 3.8) is 0 Å². The van der Waals surface area contributed by atoms with Crippen LogP contribution >= 0.6 is 0 Å². The van der Waals surface area contributed by atoms with Crippen molar-refractivity contribution in [2.24, 2.45) is 0 Å². The highest BCUT2D eigenvalue weighted by Gasteiger charge is 2.36. The number of amides is 3. The van der Waals surface area contributed by atoms with E-state index in [1.807, 2.05) is 0 Å². The highest BCUT2D eigenvalue weighted by Crippen LogP contribution is 2.26. The second kappa shape index (κ2) is 9.41. The van der Waals surface area contributed by atoms with Crippen molar-refractivity contribution in [1.29, 1.82) is 0 Å². The van der Waals surface area contributed by atoms with Crippen LogP contribution in [0.4, 0.5) is 5.69 Å². The highest BCUT2D eigenvalue weighted by molar-refractivity contribution is 6.21. The second-order valence-electron chi connectivity index (χ2n) is 7.20. The number of ether oxygens (including phenoxy) is 2. The topological polar surface area (TPSA) is 132 Å². The second-order valence-corrected chi connectivity index (χ2v) is 7.20. The Balaban J connectivity index is 1.40. The first kappa shape index (κ1) is 22.5. The molecule has 10 heteroatoms. The van der Waals surface area contributed by atoms with Crippen LogP contribution in [0.2, 0.25) is 0 Å². The van der Waals surface area contributed by atoms with Crippen molar-refractivity contribution < 1.29 is 37.9 Å². The number of benzene rings is 2. The molecule has 4 rings (SSSR count). The summed E-state index contributed by atoms with van der Waals surface area (Å²) >= 11 is 0. The molecule has 0 saturated heterocycles. The van der Waals surface area contributed by atoms with E-state index in [0.29, 0.717) is 5.76 Å². The molecular formula is C24H18N2O8. The van der Waals surface area contributed by atoms with Crippen LogP contribution in [0.5, 0.6) is 0 Å². The Morgan fingerprint density at radius 1 is 0.941 bits per heavy atom. The van der Waals surface area contributed by atoms with E-state index >= 15 is 0 Å². The number of hydrogen-bond donors (Lipinski definition) is 1. The maximum absolute atomic E-state index is 12.7. The third kappa shape index (κ3) is 4.42. The minimum atomic E-state index is -0.857. The van der Waals surface area contributed by atoms with Crippen molar-refractivity contribution in [2.75, 3.05) is 19.0 Å². The molecule has 10 nitrogen and oxygen atoms in total. The quantitative estimate of drug-likeness (QED) is 0.419. The normalized spacial score (nSPS) is 12.3. The molecule has 1 aliphatic rings. The van der Waals surface area contributed by atoms with Crippen LogP contribution in [-0.4, -0.2) is 48.3 Å². The average molecular weight is 462 g/mol. The molecule has 3 aromatic rings. The molecule has 1 aromatic heterocycles. The van der Waals surface area contributed by atoms with E-state index in [-0.39, 0.29) is 34.5 Å². The lowest BCUT2D eigenvalue weighted by atomic mass is 10.1. The molecule has 1 aliphatic heterocycles. The molecule has 3 amide bonds. The van der Waals surface area contributed by atoms with Gasteiger partial charge >= 0.3 is 11.9 Å². The number of nitrogens with zero attached hydrogens (tertiary/aromatic N) is 1. The zero-order valence-electron chi connectivity index (χ0n) is 17.9. The third-order valence-electron chi connectivity index (χ3n) is 5.04. The van der Waals surface area contributed by atoms with Gasteiger partial charge in [0.2, 0.25) is 0 Å². The lowest BCUT2D eigenvalue weighted by Gasteiger charge is -2.11. The number of furan rings is 1. The van der Waals surface area contributed by atoms with Gasteiger partial charge in [-0.25, -0.2) is 9.59 Å². The summed E-state index contributed by atoms with van der Waals surface area (Å²) in [5, 5.41) is 2.48. The standard InChI is InChI=1S/C24H18N2O8/c1-32-24(31)17-6-2-3-7-19(17)25-20(27)13-34-23(30)14-8-9-16-18(11-14)22(29)26(21(16)28)12-15-5-4-10-33-15/h2-11H,12-13H2,1H3,(H,25,27).